The van der Waals surface area contributed by atoms with Gasteiger partial charge in [0.15, 0.2) is 0 Å². The molecule has 18 heavy (non-hydrogen) atoms. The maximum absolute atomic E-state index is 5.90. The van der Waals surface area contributed by atoms with E-state index in [-0.39, 0.29) is 0 Å². The van der Waals surface area contributed by atoms with Crippen LogP contribution < -0.4 is 5.73 Å². The predicted octanol–water partition coefficient (Wildman–Crippen LogP) is 3.64. The van der Waals surface area contributed by atoms with E-state index in [0.29, 0.717) is 12.6 Å². The highest BCUT2D eigenvalue weighted by molar-refractivity contribution is 9.10. The van der Waals surface area contributed by atoms with Crippen LogP contribution in [-0.4, -0.2) is 18.5 Å². The molecule has 96 valence electrons. The fourth-order valence-electron chi connectivity index (χ4n) is 1.98. The Morgan fingerprint density at radius 2 is 2.00 bits per heavy atom. The lowest BCUT2D eigenvalue weighted by Crippen LogP contribution is -2.29. The largest absolute Gasteiger partial charge is 0.329 e. The molecule has 0 amide bonds. The molecule has 2 nitrogen and oxygen atoms in total. The summed E-state index contributed by atoms with van der Waals surface area (Å²) in [6.45, 7) is 1.56. The minimum atomic E-state index is 0.300. The van der Waals surface area contributed by atoms with Gasteiger partial charge in [0, 0.05) is 22.4 Å². The first kappa shape index (κ1) is 13.7. The smallest absolute Gasteiger partial charge is 0.0564 e. The monoisotopic (exact) mass is 324 g/mol. The molecule has 0 aliphatic heterocycles. The van der Waals surface area contributed by atoms with Gasteiger partial charge in [-0.3, -0.25) is 4.90 Å². The van der Waals surface area contributed by atoms with Gasteiger partial charge < -0.3 is 5.73 Å². The molecule has 2 aromatic rings. The number of hydrogen-bond acceptors (Lipinski definition) is 3. The number of thiophene rings is 1. The average Bonchev–Trinajstić information content (AvgIpc) is 2.87. The van der Waals surface area contributed by atoms with E-state index >= 15 is 0 Å². The van der Waals surface area contributed by atoms with Crippen LogP contribution in [0.25, 0.3) is 0 Å². The van der Waals surface area contributed by atoms with E-state index in [1.54, 1.807) is 11.3 Å². The standard InChI is InChI=1S/C14H17BrN2S/c1-17(10-11-4-6-12(15)7-5-11)13(9-16)14-3-2-8-18-14/h2-8,13H,9-10,16H2,1H3. The van der Waals surface area contributed by atoms with Crippen LogP contribution in [0.15, 0.2) is 46.3 Å². The predicted molar refractivity (Wildman–Crippen MR) is 81.7 cm³/mol. The minimum Gasteiger partial charge on any atom is -0.329 e. The highest BCUT2D eigenvalue weighted by Gasteiger charge is 2.16. The fraction of sp³-hybridized carbons (Fsp3) is 0.286. The van der Waals surface area contributed by atoms with E-state index in [1.807, 2.05) is 0 Å². The Bertz CT molecular complexity index is 467. The Morgan fingerprint density at radius 3 is 2.56 bits per heavy atom. The van der Waals surface area contributed by atoms with E-state index in [9.17, 15) is 0 Å². The van der Waals surface area contributed by atoms with Crippen LogP contribution >= 0.6 is 27.3 Å². The second kappa shape index (κ2) is 6.48. The first-order chi connectivity index (χ1) is 8.70. The molecule has 0 aliphatic rings. The molecule has 1 atom stereocenters. The molecular formula is C14H17BrN2S. The topological polar surface area (TPSA) is 29.3 Å². The third-order valence-electron chi connectivity index (χ3n) is 2.97. The highest BCUT2D eigenvalue weighted by atomic mass is 79.9. The molecule has 2 N–H and O–H groups in total. The van der Waals surface area contributed by atoms with Crippen molar-refractivity contribution in [1.82, 2.24) is 4.90 Å². The van der Waals surface area contributed by atoms with Crippen molar-refractivity contribution >= 4 is 27.3 Å². The summed E-state index contributed by atoms with van der Waals surface area (Å²) in [5.74, 6) is 0. The van der Waals surface area contributed by atoms with E-state index < -0.39 is 0 Å². The Labute approximate surface area is 121 Å². The van der Waals surface area contributed by atoms with Gasteiger partial charge in [-0.05, 0) is 36.2 Å². The second-order valence-corrected chi connectivity index (χ2v) is 6.20. The van der Waals surface area contributed by atoms with E-state index in [2.05, 4.69) is 69.7 Å². The summed E-state index contributed by atoms with van der Waals surface area (Å²) in [6, 6.07) is 13.0. The Balaban J connectivity index is 2.06. The van der Waals surface area contributed by atoms with E-state index in [4.69, 9.17) is 5.73 Å². The Hall–Kier alpha value is -0.680. The van der Waals surface area contributed by atoms with Crippen LogP contribution in [0.5, 0.6) is 0 Å². The molecule has 1 aromatic carbocycles. The molecule has 0 aliphatic carbocycles. The normalized spacial score (nSPS) is 12.9. The SMILES string of the molecule is CN(Cc1ccc(Br)cc1)C(CN)c1cccs1. The van der Waals surface area contributed by atoms with Crippen molar-refractivity contribution < 1.29 is 0 Å². The summed E-state index contributed by atoms with van der Waals surface area (Å²) >= 11 is 5.22. The molecule has 0 radical (unpaired) electrons. The number of likely N-dealkylation sites (N-methyl/N-ethyl adjacent to an activating group) is 1. The molecule has 4 heteroatoms. The van der Waals surface area contributed by atoms with Crippen molar-refractivity contribution in [3.05, 3.63) is 56.7 Å². The quantitative estimate of drug-likeness (QED) is 0.909. The maximum Gasteiger partial charge on any atom is 0.0564 e. The van der Waals surface area contributed by atoms with Gasteiger partial charge in [0.05, 0.1) is 6.04 Å². The van der Waals surface area contributed by atoms with Gasteiger partial charge in [-0.2, -0.15) is 0 Å². The summed E-state index contributed by atoms with van der Waals surface area (Å²) in [7, 11) is 2.12. The molecule has 0 fully saturated rings. The Morgan fingerprint density at radius 1 is 1.28 bits per heavy atom. The molecular weight excluding hydrogens is 308 g/mol. The summed E-state index contributed by atoms with van der Waals surface area (Å²) in [6.07, 6.45) is 0. The van der Waals surface area contributed by atoms with Gasteiger partial charge in [0.25, 0.3) is 0 Å². The van der Waals surface area contributed by atoms with Gasteiger partial charge in [-0.25, -0.2) is 0 Å². The second-order valence-electron chi connectivity index (χ2n) is 4.31. The van der Waals surface area contributed by atoms with Crippen molar-refractivity contribution in [2.75, 3.05) is 13.6 Å². The zero-order valence-corrected chi connectivity index (χ0v) is 12.7. The number of benzene rings is 1. The summed E-state index contributed by atoms with van der Waals surface area (Å²) in [5, 5.41) is 2.10. The van der Waals surface area contributed by atoms with Gasteiger partial charge in [0.1, 0.15) is 0 Å². The summed E-state index contributed by atoms with van der Waals surface area (Å²) in [5.41, 5.74) is 7.20. The number of nitrogens with zero attached hydrogens (tertiary/aromatic N) is 1. The van der Waals surface area contributed by atoms with Crippen molar-refractivity contribution in [2.45, 2.75) is 12.6 Å². The molecule has 1 aromatic heterocycles. The summed E-state index contributed by atoms with van der Waals surface area (Å²) < 4.78 is 1.11. The Kier molecular flexibility index (Phi) is 4.95. The third kappa shape index (κ3) is 3.42. The highest BCUT2D eigenvalue weighted by Crippen LogP contribution is 2.24. The van der Waals surface area contributed by atoms with Crippen LogP contribution in [0.2, 0.25) is 0 Å². The lowest BCUT2D eigenvalue weighted by molar-refractivity contribution is 0.245. The molecule has 0 saturated carbocycles. The molecule has 0 spiro atoms. The van der Waals surface area contributed by atoms with E-state index in [1.165, 1.54) is 10.4 Å². The average molecular weight is 325 g/mol. The first-order valence-electron chi connectivity index (χ1n) is 5.89. The molecule has 0 saturated heterocycles. The van der Waals surface area contributed by atoms with Crippen LogP contribution in [-0.2, 0) is 6.54 Å². The van der Waals surface area contributed by atoms with Crippen molar-refractivity contribution in [1.29, 1.82) is 0 Å². The zero-order chi connectivity index (χ0) is 13.0. The van der Waals surface area contributed by atoms with Gasteiger partial charge in [-0.15, -0.1) is 11.3 Å². The van der Waals surface area contributed by atoms with Crippen LogP contribution in [0.4, 0.5) is 0 Å². The molecule has 0 bridgehead atoms. The van der Waals surface area contributed by atoms with Crippen LogP contribution in [0.1, 0.15) is 16.5 Å². The number of halogens is 1. The summed E-state index contributed by atoms with van der Waals surface area (Å²) in [4.78, 5) is 3.63. The molecule has 1 unspecified atom stereocenters. The van der Waals surface area contributed by atoms with Gasteiger partial charge >= 0.3 is 0 Å². The van der Waals surface area contributed by atoms with Gasteiger partial charge in [0.2, 0.25) is 0 Å². The van der Waals surface area contributed by atoms with E-state index in [0.717, 1.165) is 11.0 Å². The van der Waals surface area contributed by atoms with Crippen molar-refractivity contribution in [2.24, 2.45) is 5.73 Å². The molecule has 1 heterocycles. The minimum absolute atomic E-state index is 0.300. The van der Waals surface area contributed by atoms with Crippen molar-refractivity contribution in [3.63, 3.8) is 0 Å². The van der Waals surface area contributed by atoms with Crippen LogP contribution in [0, 0.1) is 0 Å². The zero-order valence-electron chi connectivity index (χ0n) is 10.3. The lowest BCUT2D eigenvalue weighted by Gasteiger charge is -2.26. The lowest BCUT2D eigenvalue weighted by atomic mass is 10.1. The maximum atomic E-state index is 5.90. The number of nitrogens with two attached hydrogens (primary N) is 1. The fourth-order valence-corrected chi connectivity index (χ4v) is 3.15. The molecule has 2 rings (SSSR count). The number of hydrogen-bond donors (Lipinski definition) is 1. The first-order valence-corrected chi connectivity index (χ1v) is 7.56. The van der Waals surface area contributed by atoms with Crippen LogP contribution in [0.3, 0.4) is 0 Å². The van der Waals surface area contributed by atoms with Gasteiger partial charge in [-0.1, -0.05) is 34.1 Å². The number of rotatable bonds is 5. The van der Waals surface area contributed by atoms with Crippen molar-refractivity contribution in [3.8, 4) is 0 Å². The third-order valence-corrected chi connectivity index (χ3v) is 4.47.